The molecular weight excluding hydrogens is 288 g/mol. The van der Waals surface area contributed by atoms with Crippen molar-refractivity contribution in [3.63, 3.8) is 0 Å². The summed E-state index contributed by atoms with van der Waals surface area (Å²) in [6.45, 7) is 0.389. The fourth-order valence-electron chi connectivity index (χ4n) is 1.86. The number of benzene rings is 2. The number of ether oxygens (including phenoxy) is 1. The molecule has 5 nitrogen and oxygen atoms in total. The van der Waals surface area contributed by atoms with Gasteiger partial charge in [-0.15, -0.1) is 5.10 Å². The lowest BCUT2D eigenvalue weighted by Gasteiger charge is -2.04. The van der Waals surface area contributed by atoms with Crippen molar-refractivity contribution in [2.75, 3.05) is 0 Å². The smallest absolute Gasteiger partial charge is 0.341 e. The minimum Gasteiger partial charge on any atom is -0.423 e. The van der Waals surface area contributed by atoms with Gasteiger partial charge in [0, 0.05) is 11.6 Å². The normalized spacial score (nSPS) is 10.6. The number of aromatic nitrogens is 3. The molecule has 0 spiro atoms. The van der Waals surface area contributed by atoms with E-state index in [1.165, 1.54) is 0 Å². The lowest BCUT2D eigenvalue weighted by molar-refractivity contribution is 0.441. The summed E-state index contributed by atoms with van der Waals surface area (Å²) in [5, 5.41) is 4.83. The Balaban J connectivity index is 1.80. The molecule has 3 aromatic rings. The van der Waals surface area contributed by atoms with Gasteiger partial charge >= 0.3 is 6.01 Å². The minimum absolute atomic E-state index is 0.260. The van der Waals surface area contributed by atoms with Crippen molar-refractivity contribution in [1.82, 2.24) is 14.8 Å². The van der Waals surface area contributed by atoms with Crippen molar-refractivity contribution < 1.29 is 4.74 Å². The van der Waals surface area contributed by atoms with Crippen molar-refractivity contribution in [3.05, 3.63) is 65.4 Å². The molecule has 1 heterocycles. The zero-order valence-corrected chi connectivity index (χ0v) is 11.9. The highest BCUT2D eigenvalue weighted by atomic mass is 35.5. The van der Waals surface area contributed by atoms with E-state index < -0.39 is 0 Å². The fourth-order valence-corrected chi connectivity index (χ4v) is 2.11. The van der Waals surface area contributed by atoms with Crippen LogP contribution in [0.2, 0.25) is 5.02 Å². The predicted molar refractivity (Wildman–Crippen MR) is 80.8 cm³/mol. The second kappa shape index (κ2) is 5.95. The van der Waals surface area contributed by atoms with Crippen LogP contribution < -0.4 is 10.5 Å². The number of nitrogens with two attached hydrogens (primary N) is 1. The second-order valence-corrected chi connectivity index (χ2v) is 4.77. The van der Waals surface area contributed by atoms with E-state index in [0.717, 1.165) is 11.3 Å². The van der Waals surface area contributed by atoms with Gasteiger partial charge in [-0.05, 0) is 29.8 Å². The largest absolute Gasteiger partial charge is 0.423 e. The third-order valence-corrected chi connectivity index (χ3v) is 3.30. The second-order valence-electron chi connectivity index (χ2n) is 4.37. The third-order valence-electron chi connectivity index (χ3n) is 2.95. The van der Waals surface area contributed by atoms with E-state index >= 15 is 0 Å². The van der Waals surface area contributed by atoms with Crippen LogP contribution in [0.4, 0.5) is 0 Å². The Kier molecular flexibility index (Phi) is 3.85. The van der Waals surface area contributed by atoms with Gasteiger partial charge < -0.3 is 10.5 Å². The van der Waals surface area contributed by atoms with Gasteiger partial charge in [-0.2, -0.15) is 4.98 Å². The molecule has 0 fully saturated rings. The molecule has 2 aromatic carbocycles. The molecule has 6 heteroatoms. The molecule has 0 saturated heterocycles. The number of nitrogens with zero attached hydrogens (tertiary/aromatic N) is 3. The molecule has 1 aromatic heterocycles. The van der Waals surface area contributed by atoms with Crippen LogP contribution in [0.1, 0.15) is 5.56 Å². The summed E-state index contributed by atoms with van der Waals surface area (Å²) in [5.41, 5.74) is 7.35. The molecule has 0 amide bonds. The maximum Gasteiger partial charge on any atom is 0.341 e. The first-order valence-electron chi connectivity index (χ1n) is 6.39. The van der Waals surface area contributed by atoms with Crippen LogP contribution in [0.15, 0.2) is 54.9 Å². The van der Waals surface area contributed by atoms with Crippen molar-refractivity contribution in [2.45, 2.75) is 6.54 Å². The SMILES string of the molecule is NCc1ccc(Oc2ncn(-c3ccccc3)n2)cc1Cl. The first kappa shape index (κ1) is 13.6. The van der Waals surface area contributed by atoms with E-state index in [4.69, 9.17) is 22.1 Å². The Labute approximate surface area is 126 Å². The van der Waals surface area contributed by atoms with Gasteiger partial charge in [0.2, 0.25) is 0 Å². The van der Waals surface area contributed by atoms with Gasteiger partial charge in [-0.25, -0.2) is 4.68 Å². The average Bonchev–Trinajstić information content (AvgIpc) is 2.97. The highest BCUT2D eigenvalue weighted by Crippen LogP contribution is 2.25. The summed E-state index contributed by atoms with van der Waals surface area (Å²) in [5.74, 6) is 0.572. The Morgan fingerprint density at radius 2 is 1.95 bits per heavy atom. The van der Waals surface area contributed by atoms with Crippen LogP contribution in [-0.4, -0.2) is 14.8 Å². The third kappa shape index (κ3) is 3.04. The summed E-state index contributed by atoms with van der Waals surface area (Å²) >= 11 is 6.09. The molecule has 0 saturated carbocycles. The molecule has 0 radical (unpaired) electrons. The Morgan fingerprint density at radius 3 is 2.67 bits per heavy atom. The number of hydrogen-bond donors (Lipinski definition) is 1. The molecule has 0 aliphatic heterocycles. The van der Waals surface area contributed by atoms with Gasteiger partial charge in [0.25, 0.3) is 0 Å². The first-order chi connectivity index (χ1) is 10.3. The average molecular weight is 301 g/mol. The summed E-state index contributed by atoms with van der Waals surface area (Å²) < 4.78 is 7.24. The van der Waals surface area contributed by atoms with Crippen molar-refractivity contribution in [3.8, 4) is 17.4 Å². The van der Waals surface area contributed by atoms with Crippen LogP contribution in [-0.2, 0) is 6.54 Å². The summed E-state index contributed by atoms with van der Waals surface area (Å²) in [7, 11) is 0. The van der Waals surface area contributed by atoms with E-state index in [1.54, 1.807) is 23.1 Å². The molecule has 21 heavy (non-hydrogen) atoms. The van der Waals surface area contributed by atoms with E-state index in [-0.39, 0.29) is 6.01 Å². The first-order valence-corrected chi connectivity index (χ1v) is 6.77. The van der Waals surface area contributed by atoms with Crippen molar-refractivity contribution >= 4 is 11.6 Å². The van der Waals surface area contributed by atoms with E-state index in [2.05, 4.69) is 10.1 Å². The maximum atomic E-state index is 6.09. The monoisotopic (exact) mass is 300 g/mol. The summed E-state index contributed by atoms with van der Waals surface area (Å²) in [6, 6.07) is 15.3. The van der Waals surface area contributed by atoms with Gasteiger partial charge in [0.05, 0.1) is 5.69 Å². The van der Waals surface area contributed by atoms with E-state index in [9.17, 15) is 0 Å². The number of para-hydroxylation sites is 1. The van der Waals surface area contributed by atoms with Crippen LogP contribution in [0.25, 0.3) is 5.69 Å². The Hall–Kier alpha value is -2.37. The lowest BCUT2D eigenvalue weighted by atomic mass is 10.2. The molecule has 0 bridgehead atoms. The van der Waals surface area contributed by atoms with Crippen LogP contribution >= 0.6 is 11.6 Å². The van der Waals surface area contributed by atoms with Gasteiger partial charge in [-0.1, -0.05) is 35.9 Å². The molecule has 3 rings (SSSR count). The minimum atomic E-state index is 0.260. The van der Waals surface area contributed by atoms with Crippen LogP contribution in [0, 0.1) is 0 Å². The Morgan fingerprint density at radius 1 is 1.14 bits per heavy atom. The van der Waals surface area contributed by atoms with E-state index in [0.29, 0.717) is 17.3 Å². The van der Waals surface area contributed by atoms with Crippen molar-refractivity contribution in [1.29, 1.82) is 0 Å². The molecule has 0 atom stereocenters. The quantitative estimate of drug-likeness (QED) is 0.803. The molecule has 2 N–H and O–H groups in total. The zero-order valence-electron chi connectivity index (χ0n) is 11.1. The van der Waals surface area contributed by atoms with Gasteiger partial charge in [0.15, 0.2) is 0 Å². The standard InChI is InChI=1S/C15H13ClN4O/c16-14-8-13(7-6-11(14)9-17)21-15-18-10-20(19-15)12-4-2-1-3-5-12/h1-8,10H,9,17H2. The maximum absolute atomic E-state index is 6.09. The number of rotatable bonds is 4. The molecular formula is C15H13ClN4O. The lowest BCUT2D eigenvalue weighted by Crippen LogP contribution is -1.97. The highest BCUT2D eigenvalue weighted by molar-refractivity contribution is 6.31. The van der Waals surface area contributed by atoms with Gasteiger partial charge in [0.1, 0.15) is 12.1 Å². The molecule has 0 unspecified atom stereocenters. The van der Waals surface area contributed by atoms with E-state index in [1.807, 2.05) is 36.4 Å². The van der Waals surface area contributed by atoms with Crippen LogP contribution in [0.3, 0.4) is 0 Å². The van der Waals surface area contributed by atoms with Crippen LogP contribution in [0.5, 0.6) is 11.8 Å². The highest BCUT2D eigenvalue weighted by Gasteiger charge is 2.07. The number of hydrogen-bond acceptors (Lipinski definition) is 4. The summed E-state index contributed by atoms with van der Waals surface area (Å²) in [4.78, 5) is 4.12. The fraction of sp³-hybridized carbons (Fsp3) is 0.0667. The summed E-state index contributed by atoms with van der Waals surface area (Å²) in [6.07, 6.45) is 1.60. The molecule has 0 aliphatic carbocycles. The number of halogens is 1. The topological polar surface area (TPSA) is 66.0 Å². The predicted octanol–water partition coefficient (Wildman–Crippen LogP) is 3.17. The zero-order chi connectivity index (χ0) is 14.7. The molecule has 0 aliphatic rings. The van der Waals surface area contributed by atoms with Gasteiger partial charge in [-0.3, -0.25) is 0 Å². The molecule has 106 valence electrons. The Bertz CT molecular complexity index is 742. The van der Waals surface area contributed by atoms with Crippen molar-refractivity contribution in [2.24, 2.45) is 5.73 Å².